The Morgan fingerprint density at radius 2 is 1.70 bits per heavy atom. The van der Waals surface area contributed by atoms with E-state index in [0.717, 1.165) is 0 Å². The molecule has 0 aromatic carbocycles. The van der Waals surface area contributed by atoms with Crippen LogP contribution in [0.4, 0.5) is 0 Å². The molecule has 0 aliphatic carbocycles. The first-order chi connectivity index (χ1) is 9.40. The zero-order valence-electron chi connectivity index (χ0n) is 11.0. The van der Waals surface area contributed by atoms with E-state index in [4.69, 9.17) is 36.8 Å². The fraction of sp³-hybridized carbons (Fsp3) is 1.00. The summed E-state index contributed by atoms with van der Waals surface area (Å²) in [6, 6.07) is 0. The molecule has 20 heavy (non-hydrogen) atoms. The molecule has 0 rings (SSSR count). The molecule has 0 aromatic rings. The Hall–Kier alpha value is 2.13. The molecule has 0 spiro atoms. The second-order valence-electron chi connectivity index (χ2n) is 4.09. The van der Waals surface area contributed by atoms with Gasteiger partial charge >= 0.3 is 7.82 Å². The monoisotopic (exact) mass is 540 g/mol. The van der Waals surface area contributed by atoms with E-state index in [0.29, 0.717) is 16.0 Å². The van der Waals surface area contributed by atoms with Crippen LogP contribution in [0.3, 0.4) is 0 Å². The van der Waals surface area contributed by atoms with Crippen molar-refractivity contribution < 1.29 is 18.1 Å². The summed E-state index contributed by atoms with van der Waals surface area (Å²) in [7, 11) is -3.63. The molecule has 0 aliphatic heterocycles. The summed E-state index contributed by atoms with van der Waals surface area (Å²) < 4.78 is 28.2. The van der Waals surface area contributed by atoms with E-state index < -0.39 is 13.2 Å². The minimum Gasteiger partial charge on any atom is -0.287 e. The highest BCUT2D eigenvalue weighted by Crippen LogP contribution is 2.51. The molecule has 4 nitrogen and oxygen atoms in total. The lowest BCUT2D eigenvalue weighted by Gasteiger charge is -2.29. The first kappa shape index (κ1) is 22.1. The van der Waals surface area contributed by atoms with Gasteiger partial charge in [-0.05, 0) is 6.92 Å². The van der Waals surface area contributed by atoms with Gasteiger partial charge in [-0.1, -0.05) is 47.8 Å². The fourth-order valence-corrected chi connectivity index (χ4v) is 5.77. The van der Waals surface area contributed by atoms with Crippen molar-refractivity contribution in [2.24, 2.45) is 5.41 Å². The normalized spacial score (nSPS) is 16.9. The third-order valence-corrected chi connectivity index (χ3v) is 8.11. The van der Waals surface area contributed by atoms with Gasteiger partial charge in [-0.3, -0.25) is 13.6 Å². The van der Waals surface area contributed by atoms with Gasteiger partial charge in [0.2, 0.25) is 0 Å². The standard InChI is InChI=1S/C10H18Br3Cl2O4P/c1-2-17-20(16,18-4-9(15)3-14)19-8-10(5-11,6-12)7-13/h9H,2-8H2,1H3. The van der Waals surface area contributed by atoms with Crippen LogP contribution in [0.5, 0.6) is 0 Å². The van der Waals surface area contributed by atoms with Gasteiger partial charge in [0, 0.05) is 27.3 Å². The van der Waals surface area contributed by atoms with Gasteiger partial charge < -0.3 is 0 Å². The van der Waals surface area contributed by atoms with Crippen LogP contribution in [0.25, 0.3) is 0 Å². The van der Waals surface area contributed by atoms with Crippen LogP contribution in [0.2, 0.25) is 0 Å². The molecule has 0 aromatic heterocycles. The number of halogens is 5. The minimum absolute atomic E-state index is 0.00622. The average molecular weight is 544 g/mol. The van der Waals surface area contributed by atoms with Gasteiger partial charge in [0.15, 0.2) is 0 Å². The minimum atomic E-state index is -3.63. The Morgan fingerprint density at radius 3 is 2.10 bits per heavy atom. The topological polar surface area (TPSA) is 44.8 Å². The summed E-state index contributed by atoms with van der Waals surface area (Å²) in [5.74, 6) is 0.196. The van der Waals surface area contributed by atoms with Crippen LogP contribution in [-0.2, 0) is 18.1 Å². The highest BCUT2D eigenvalue weighted by molar-refractivity contribution is 9.10. The van der Waals surface area contributed by atoms with Crippen molar-refractivity contribution in [2.75, 3.05) is 41.7 Å². The van der Waals surface area contributed by atoms with E-state index in [2.05, 4.69) is 47.8 Å². The largest absolute Gasteiger partial charge is 0.474 e. The molecule has 2 unspecified atom stereocenters. The summed E-state index contributed by atoms with van der Waals surface area (Å²) in [5, 5.41) is 1.56. The van der Waals surface area contributed by atoms with Crippen LogP contribution in [0, 0.1) is 5.41 Å². The molecule has 0 saturated heterocycles. The van der Waals surface area contributed by atoms with Gasteiger partial charge in [-0.15, -0.1) is 23.2 Å². The van der Waals surface area contributed by atoms with Crippen LogP contribution in [0.15, 0.2) is 0 Å². The summed E-state index contributed by atoms with van der Waals surface area (Å²) in [6.07, 6.45) is 0. The number of rotatable bonds is 12. The van der Waals surface area contributed by atoms with E-state index in [9.17, 15) is 4.57 Å². The van der Waals surface area contributed by atoms with Crippen LogP contribution in [0.1, 0.15) is 6.92 Å². The lowest BCUT2D eigenvalue weighted by atomic mass is 9.98. The molecular formula is C10H18Br3Cl2O4P. The van der Waals surface area contributed by atoms with Gasteiger partial charge in [0.25, 0.3) is 0 Å². The third kappa shape index (κ3) is 8.11. The second-order valence-corrected chi connectivity index (χ2v) is 8.36. The molecular weight excluding hydrogens is 526 g/mol. The van der Waals surface area contributed by atoms with Gasteiger partial charge in [0.1, 0.15) is 0 Å². The van der Waals surface area contributed by atoms with Crippen LogP contribution in [-0.4, -0.2) is 47.1 Å². The maximum atomic E-state index is 12.4. The van der Waals surface area contributed by atoms with Crippen LogP contribution >= 0.6 is 78.8 Å². The predicted octanol–water partition coefficient (Wildman–Crippen LogP) is 5.18. The number of hydrogen-bond acceptors (Lipinski definition) is 4. The molecule has 0 heterocycles. The molecule has 0 saturated carbocycles. The van der Waals surface area contributed by atoms with Gasteiger partial charge in [-0.2, -0.15) is 0 Å². The number of alkyl halides is 5. The Bertz CT molecular complexity index is 300. The number of phosphoric acid groups is 1. The maximum Gasteiger partial charge on any atom is 0.474 e. The van der Waals surface area contributed by atoms with Crippen molar-refractivity contribution in [1.82, 2.24) is 0 Å². The quantitative estimate of drug-likeness (QED) is 0.251. The zero-order chi connectivity index (χ0) is 15.6. The molecule has 122 valence electrons. The Labute approximate surface area is 155 Å². The van der Waals surface area contributed by atoms with Gasteiger partial charge in [0.05, 0.1) is 25.2 Å². The van der Waals surface area contributed by atoms with Gasteiger partial charge in [-0.25, -0.2) is 4.57 Å². The van der Waals surface area contributed by atoms with E-state index in [1.807, 2.05) is 0 Å². The molecule has 2 atom stereocenters. The summed E-state index contributed by atoms with van der Waals surface area (Å²) >= 11 is 21.7. The van der Waals surface area contributed by atoms with Crippen molar-refractivity contribution in [1.29, 1.82) is 0 Å². The van der Waals surface area contributed by atoms with Crippen molar-refractivity contribution in [3.05, 3.63) is 0 Å². The third-order valence-electron chi connectivity index (χ3n) is 2.25. The fourth-order valence-electron chi connectivity index (χ4n) is 0.925. The van der Waals surface area contributed by atoms with E-state index in [1.54, 1.807) is 6.92 Å². The second kappa shape index (κ2) is 11.6. The lowest BCUT2D eigenvalue weighted by Crippen LogP contribution is -2.32. The summed E-state index contributed by atoms with van der Waals surface area (Å²) in [4.78, 5) is 0. The predicted molar refractivity (Wildman–Crippen MR) is 95.3 cm³/mol. The van der Waals surface area contributed by atoms with Crippen LogP contribution < -0.4 is 0 Å². The lowest BCUT2D eigenvalue weighted by molar-refractivity contribution is 0.0936. The SMILES string of the molecule is CCOP(=O)(OCC(Cl)CCl)OCC(CBr)(CBr)CBr. The molecule has 0 bridgehead atoms. The highest BCUT2D eigenvalue weighted by atomic mass is 79.9. The zero-order valence-corrected chi connectivity index (χ0v) is 18.2. The molecule has 0 N–H and O–H groups in total. The Kier molecular flexibility index (Phi) is 12.9. The highest BCUT2D eigenvalue weighted by Gasteiger charge is 2.34. The Balaban J connectivity index is 4.62. The first-order valence-corrected chi connectivity index (χ1v) is 11.6. The van der Waals surface area contributed by atoms with E-state index >= 15 is 0 Å². The Morgan fingerprint density at radius 1 is 1.15 bits per heavy atom. The van der Waals surface area contributed by atoms with E-state index in [1.165, 1.54) is 0 Å². The smallest absolute Gasteiger partial charge is 0.287 e. The summed E-state index contributed by atoms with van der Waals surface area (Å²) in [6.45, 7) is 2.15. The summed E-state index contributed by atoms with van der Waals surface area (Å²) in [5.41, 5.74) is -0.247. The van der Waals surface area contributed by atoms with E-state index in [-0.39, 0.29) is 31.1 Å². The number of hydrogen-bond donors (Lipinski definition) is 0. The van der Waals surface area contributed by atoms with Crippen molar-refractivity contribution in [3.8, 4) is 0 Å². The molecule has 0 fully saturated rings. The van der Waals surface area contributed by atoms with Crippen molar-refractivity contribution in [2.45, 2.75) is 12.3 Å². The molecule has 0 amide bonds. The molecule has 0 aliphatic rings. The van der Waals surface area contributed by atoms with Crippen molar-refractivity contribution in [3.63, 3.8) is 0 Å². The maximum absolute atomic E-state index is 12.4. The number of phosphoric ester groups is 1. The molecule has 10 heteroatoms. The average Bonchev–Trinajstić information content (AvgIpc) is 2.47. The molecule has 0 radical (unpaired) electrons. The first-order valence-electron chi connectivity index (χ1n) is 5.82. The van der Waals surface area contributed by atoms with Crippen molar-refractivity contribution >= 4 is 78.8 Å².